The Morgan fingerprint density at radius 2 is 0.424 bits per heavy atom. The van der Waals surface area contributed by atoms with Gasteiger partial charge in [-0.15, -0.1) is 45.3 Å². The van der Waals surface area contributed by atoms with E-state index in [-0.39, 0.29) is 0 Å². The first-order valence-corrected chi connectivity index (χ1v) is 25.4. The van der Waals surface area contributed by atoms with Gasteiger partial charge in [-0.1, -0.05) is 97.1 Å². The average molecular weight is 913 g/mol. The van der Waals surface area contributed by atoms with Crippen molar-refractivity contribution >= 4 is 160 Å². The Balaban J connectivity index is 0.863. The van der Waals surface area contributed by atoms with Crippen LogP contribution in [0.2, 0.25) is 0 Å². The maximum atomic E-state index is 2.42. The lowest BCUT2D eigenvalue weighted by Crippen LogP contribution is -2.10. The monoisotopic (exact) mass is 912 g/mol. The number of thiophene rings is 4. The topological polar surface area (TPSA) is 6.48 Å². The van der Waals surface area contributed by atoms with Gasteiger partial charge in [-0.2, -0.15) is 0 Å². The van der Waals surface area contributed by atoms with Crippen LogP contribution in [0.1, 0.15) is 0 Å². The van der Waals surface area contributed by atoms with Crippen molar-refractivity contribution in [2.45, 2.75) is 0 Å². The first kappa shape index (κ1) is 38.0. The minimum atomic E-state index is 1.12. The number of anilines is 6. The lowest BCUT2D eigenvalue weighted by atomic mass is 10.0. The summed E-state index contributed by atoms with van der Waals surface area (Å²) in [6, 6.07) is 81.1. The summed E-state index contributed by atoms with van der Waals surface area (Å²) < 4.78 is 10.5. The molecule has 0 N–H and O–H groups in total. The van der Waals surface area contributed by atoms with Crippen LogP contribution in [0.4, 0.5) is 34.1 Å². The van der Waals surface area contributed by atoms with Crippen molar-refractivity contribution in [3.8, 4) is 11.1 Å². The molecule has 14 rings (SSSR count). The molecule has 0 bridgehead atoms. The minimum Gasteiger partial charge on any atom is -0.310 e. The van der Waals surface area contributed by atoms with Crippen LogP contribution in [0.15, 0.2) is 218 Å². The van der Waals surface area contributed by atoms with E-state index in [1.165, 1.54) is 91.8 Å². The second kappa shape index (κ2) is 15.1. The van der Waals surface area contributed by atoms with Crippen molar-refractivity contribution in [3.05, 3.63) is 218 Å². The smallest absolute Gasteiger partial charge is 0.0468 e. The highest BCUT2D eigenvalue weighted by molar-refractivity contribution is 7.27. The van der Waals surface area contributed by atoms with Gasteiger partial charge in [-0.25, -0.2) is 0 Å². The molecule has 0 atom stereocenters. The minimum absolute atomic E-state index is 1.12. The Kier molecular flexibility index (Phi) is 8.71. The Bertz CT molecular complexity index is 3690. The molecule has 0 saturated heterocycles. The highest BCUT2D eigenvalue weighted by Gasteiger charge is 2.19. The lowest BCUT2D eigenvalue weighted by molar-refractivity contribution is 1.29. The first-order valence-electron chi connectivity index (χ1n) is 22.1. The van der Waals surface area contributed by atoms with Crippen LogP contribution in [0, 0.1) is 0 Å². The maximum Gasteiger partial charge on any atom is 0.0468 e. The fourth-order valence-corrected chi connectivity index (χ4v) is 14.3. The molecular weight excluding hydrogens is 877 g/mol. The molecule has 0 amide bonds. The second-order valence-electron chi connectivity index (χ2n) is 16.9. The molecule has 14 aromatic rings. The molecule has 0 radical (unpaired) electrons. The van der Waals surface area contributed by atoms with Gasteiger partial charge < -0.3 is 9.80 Å². The van der Waals surface area contributed by atoms with Crippen LogP contribution in [0.5, 0.6) is 0 Å². The fraction of sp³-hybridized carbons (Fsp3) is 0. The van der Waals surface area contributed by atoms with Gasteiger partial charge in [-0.3, -0.25) is 0 Å². The number of hydrogen-bond acceptors (Lipinski definition) is 6. The van der Waals surface area contributed by atoms with E-state index in [1.54, 1.807) is 0 Å². The van der Waals surface area contributed by atoms with Gasteiger partial charge >= 0.3 is 0 Å². The zero-order chi connectivity index (χ0) is 43.3. The molecule has 0 aliphatic heterocycles. The van der Waals surface area contributed by atoms with Gasteiger partial charge in [0.05, 0.1) is 0 Å². The highest BCUT2D eigenvalue weighted by Crippen LogP contribution is 2.46. The lowest BCUT2D eigenvalue weighted by Gasteiger charge is -2.26. The molecule has 0 fully saturated rings. The maximum absolute atomic E-state index is 2.42. The van der Waals surface area contributed by atoms with Gasteiger partial charge in [0.1, 0.15) is 0 Å². The van der Waals surface area contributed by atoms with Crippen molar-refractivity contribution in [2.75, 3.05) is 9.80 Å². The average Bonchev–Trinajstić information content (AvgIpc) is 4.14. The molecule has 6 heteroatoms. The number of hydrogen-bond donors (Lipinski definition) is 0. The van der Waals surface area contributed by atoms with E-state index in [9.17, 15) is 0 Å². The first-order chi connectivity index (χ1) is 32.7. The number of rotatable bonds is 7. The zero-order valence-electron chi connectivity index (χ0n) is 35.3. The molecule has 0 aliphatic carbocycles. The van der Waals surface area contributed by atoms with E-state index in [2.05, 4.69) is 228 Å². The van der Waals surface area contributed by atoms with E-state index in [0.29, 0.717) is 0 Å². The van der Waals surface area contributed by atoms with Crippen LogP contribution >= 0.6 is 45.3 Å². The Labute approximate surface area is 396 Å². The summed E-state index contributed by atoms with van der Waals surface area (Å²) in [4.78, 5) is 4.84. The summed E-state index contributed by atoms with van der Waals surface area (Å²) in [5.41, 5.74) is 9.15. The van der Waals surface area contributed by atoms with Crippen molar-refractivity contribution in [2.24, 2.45) is 0 Å². The molecule has 0 unspecified atom stereocenters. The van der Waals surface area contributed by atoms with Crippen LogP contribution in [0.3, 0.4) is 0 Å². The summed E-state index contributed by atoms with van der Waals surface area (Å²) in [6.45, 7) is 0. The summed E-state index contributed by atoms with van der Waals surface area (Å²) in [5, 5.41) is 10.4. The molecule has 10 aromatic carbocycles. The Morgan fingerprint density at radius 1 is 0.197 bits per heavy atom. The third-order valence-electron chi connectivity index (χ3n) is 13.1. The molecule has 0 saturated carbocycles. The summed E-state index contributed by atoms with van der Waals surface area (Å²) in [5.74, 6) is 0. The summed E-state index contributed by atoms with van der Waals surface area (Å²) >= 11 is 7.44. The Hall–Kier alpha value is -7.32. The predicted molar refractivity (Wildman–Crippen MR) is 293 cm³/mol. The second-order valence-corrected chi connectivity index (χ2v) is 21.2. The van der Waals surface area contributed by atoms with E-state index < -0.39 is 0 Å². The molecule has 2 nitrogen and oxygen atoms in total. The summed E-state index contributed by atoms with van der Waals surface area (Å²) in [7, 11) is 0. The van der Waals surface area contributed by atoms with Gasteiger partial charge in [-0.05, 0) is 132 Å². The molecule has 310 valence electrons. The van der Waals surface area contributed by atoms with Crippen LogP contribution in [-0.4, -0.2) is 0 Å². The zero-order valence-corrected chi connectivity index (χ0v) is 38.6. The number of fused-ring (bicyclic) bond motifs is 12. The molecule has 4 aromatic heterocycles. The number of benzene rings is 10. The number of nitrogens with zero attached hydrogens (tertiary/aromatic N) is 2. The van der Waals surface area contributed by atoms with Crippen LogP contribution in [-0.2, 0) is 0 Å². The van der Waals surface area contributed by atoms with E-state index in [1.807, 2.05) is 45.3 Å². The third kappa shape index (κ3) is 6.18. The highest BCUT2D eigenvalue weighted by atomic mass is 32.1. The van der Waals surface area contributed by atoms with Crippen LogP contribution < -0.4 is 9.80 Å². The van der Waals surface area contributed by atoms with Crippen molar-refractivity contribution in [1.82, 2.24) is 0 Å². The fourth-order valence-electron chi connectivity index (χ4n) is 9.91. The van der Waals surface area contributed by atoms with Crippen LogP contribution in [0.25, 0.3) is 91.8 Å². The van der Waals surface area contributed by atoms with Gasteiger partial charge in [0, 0.05) is 115 Å². The third-order valence-corrected chi connectivity index (χ3v) is 17.7. The molecule has 4 heterocycles. The van der Waals surface area contributed by atoms with Gasteiger partial charge in [0.15, 0.2) is 0 Å². The Morgan fingerprint density at radius 3 is 0.697 bits per heavy atom. The molecule has 0 spiro atoms. The van der Waals surface area contributed by atoms with E-state index in [0.717, 1.165) is 34.1 Å². The van der Waals surface area contributed by atoms with Gasteiger partial charge in [0.2, 0.25) is 0 Å². The van der Waals surface area contributed by atoms with Crippen molar-refractivity contribution in [3.63, 3.8) is 0 Å². The van der Waals surface area contributed by atoms with E-state index >= 15 is 0 Å². The van der Waals surface area contributed by atoms with Gasteiger partial charge in [0.25, 0.3) is 0 Å². The molecule has 0 aliphatic rings. The van der Waals surface area contributed by atoms with Crippen molar-refractivity contribution in [1.29, 1.82) is 0 Å². The quantitative estimate of drug-likeness (QED) is 0.157. The molecular formula is C60H36N2S4. The molecule has 66 heavy (non-hydrogen) atoms. The SMILES string of the molecule is c1ccc2c(c1)sc1ccc(N(c3ccc(-c4ccc(N(c5ccc6sc7ccccc7c6c5)c5ccc6sc7ccccc7c6c5)cc4)cc3)c3ccc4sc5ccccc5c4c3)cc12. The normalized spacial score (nSPS) is 11.9. The summed E-state index contributed by atoms with van der Waals surface area (Å²) in [6.07, 6.45) is 0. The van der Waals surface area contributed by atoms with Crippen molar-refractivity contribution < 1.29 is 0 Å². The predicted octanol–water partition coefficient (Wildman–Crippen LogP) is 19.8. The van der Waals surface area contributed by atoms with E-state index in [4.69, 9.17) is 0 Å². The largest absolute Gasteiger partial charge is 0.310 e. The standard InChI is InChI=1S/C60H36N2S4/c1-5-13-53-45(9-1)49-33-41(25-29-57(49)63-53)61(42-26-30-58-50(34-42)46-10-2-6-14-54(46)64-58)39-21-17-37(18-22-39)38-19-23-40(24-20-38)62(43-27-31-59-51(35-43)47-11-3-7-15-55(47)65-59)44-28-32-60-52(36-44)48-12-4-8-16-56(48)66-60/h1-36H.